The lowest BCUT2D eigenvalue weighted by atomic mass is 10.2. The summed E-state index contributed by atoms with van der Waals surface area (Å²) in [6, 6.07) is 5.90. The Bertz CT molecular complexity index is 769. The number of benzene rings is 1. The summed E-state index contributed by atoms with van der Waals surface area (Å²) in [5.74, 6) is 1.57. The zero-order chi connectivity index (χ0) is 14.1. The van der Waals surface area contributed by atoms with Crippen molar-refractivity contribution < 1.29 is 4.74 Å². The highest BCUT2D eigenvalue weighted by Gasteiger charge is 2.07. The summed E-state index contributed by atoms with van der Waals surface area (Å²) in [4.78, 5) is 8.74. The van der Waals surface area contributed by atoms with Gasteiger partial charge in [0.1, 0.15) is 10.4 Å². The van der Waals surface area contributed by atoms with E-state index in [9.17, 15) is 0 Å². The van der Waals surface area contributed by atoms with Gasteiger partial charge in [0, 0.05) is 24.3 Å². The molecule has 102 valence electrons. The van der Waals surface area contributed by atoms with Crippen LogP contribution in [0.2, 0.25) is 0 Å². The maximum atomic E-state index is 5.26. The van der Waals surface area contributed by atoms with Gasteiger partial charge in [-0.25, -0.2) is 9.97 Å². The molecule has 0 bridgehead atoms. The van der Waals surface area contributed by atoms with E-state index in [0.717, 1.165) is 27.3 Å². The van der Waals surface area contributed by atoms with Crippen molar-refractivity contribution in [2.24, 2.45) is 0 Å². The molecule has 2 heterocycles. The van der Waals surface area contributed by atoms with Crippen LogP contribution in [0.15, 0.2) is 41.4 Å². The first kappa shape index (κ1) is 12.9. The maximum absolute atomic E-state index is 5.26. The Morgan fingerprint density at radius 3 is 2.95 bits per heavy atom. The smallest absolute Gasteiger partial charge is 0.180 e. The summed E-state index contributed by atoms with van der Waals surface area (Å²) >= 11 is 3.40. The summed E-state index contributed by atoms with van der Waals surface area (Å²) in [6.07, 6.45) is 5.49. The van der Waals surface area contributed by atoms with Gasteiger partial charge >= 0.3 is 0 Å². The van der Waals surface area contributed by atoms with Gasteiger partial charge in [-0.2, -0.15) is 0 Å². The van der Waals surface area contributed by atoms with Gasteiger partial charge in [0.2, 0.25) is 0 Å². The summed E-state index contributed by atoms with van der Waals surface area (Å²) in [7, 11) is 1.67. The van der Waals surface area contributed by atoms with Gasteiger partial charge in [0.25, 0.3) is 0 Å². The molecule has 0 fully saturated rings. The molecular weight excluding hydrogens is 320 g/mol. The number of aryl methyl sites for hydroxylation is 1. The molecular formula is C14H13BrN4O. The predicted molar refractivity (Wildman–Crippen MR) is 81.7 cm³/mol. The molecule has 0 aliphatic heterocycles. The highest BCUT2D eigenvalue weighted by Crippen LogP contribution is 2.25. The van der Waals surface area contributed by atoms with Crippen LogP contribution >= 0.6 is 15.9 Å². The number of ether oxygens (including phenoxy) is 1. The van der Waals surface area contributed by atoms with Crippen LogP contribution in [0, 0.1) is 6.92 Å². The third-order valence-corrected chi connectivity index (χ3v) is 3.38. The van der Waals surface area contributed by atoms with Crippen molar-refractivity contribution in [3.8, 4) is 5.75 Å². The number of rotatable bonds is 3. The zero-order valence-corrected chi connectivity index (χ0v) is 12.7. The SMILES string of the molecule is COc1ccc(Nc2nc(Br)cn3ccnc23)cc1C. The minimum atomic E-state index is 0.703. The van der Waals surface area contributed by atoms with E-state index in [0.29, 0.717) is 5.82 Å². The second-order valence-electron chi connectivity index (χ2n) is 4.38. The zero-order valence-electron chi connectivity index (χ0n) is 11.1. The number of imidazole rings is 1. The van der Waals surface area contributed by atoms with E-state index in [2.05, 4.69) is 31.2 Å². The second-order valence-corrected chi connectivity index (χ2v) is 5.19. The second kappa shape index (κ2) is 5.13. The quantitative estimate of drug-likeness (QED) is 0.796. The van der Waals surface area contributed by atoms with Crippen LogP contribution in [0.25, 0.3) is 5.65 Å². The molecule has 0 atom stereocenters. The first-order valence-electron chi connectivity index (χ1n) is 6.08. The molecule has 0 aliphatic rings. The fourth-order valence-electron chi connectivity index (χ4n) is 2.08. The molecule has 6 heteroatoms. The Hall–Kier alpha value is -2.08. The molecule has 20 heavy (non-hydrogen) atoms. The van der Waals surface area contributed by atoms with E-state index >= 15 is 0 Å². The van der Waals surface area contributed by atoms with Crippen LogP contribution in [-0.2, 0) is 0 Å². The van der Waals surface area contributed by atoms with Crippen LogP contribution in [0.4, 0.5) is 11.5 Å². The largest absolute Gasteiger partial charge is 0.496 e. The number of nitrogens with zero attached hydrogens (tertiary/aromatic N) is 3. The lowest BCUT2D eigenvalue weighted by Crippen LogP contribution is -1.99. The standard InChI is InChI=1S/C14H13BrN4O/c1-9-7-10(3-4-11(9)20-2)17-13-14-16-5-6-19(14)8-12(15)18-13/h3-8H,1-2H3,(H,17,18). The number of aromatic nitrogens is 3. The molecule has 0 amide bonds. The molecule has 0 radical (unpaired) electrons. The van der Waals surface area contributed by atoms with Crippen molar-refractivity contribution in [2.45, 2.75) is 6.92 Å². The Morgan fingerprint density at radius 1 is 1.35 bits per heavy atom. The lowest BCUT2D eigenvalue weighted by molar-refractivity contribution is 0.412. The van der Waals surface area contributed by atoms with Crippen LogP contribution in [0.1, 0.15) is 5.56 Å². The third kappa shape index (κ3) is 2.34. The van der Waals surface area contributed by atoms with Gasteiger partial charge < -0.3 is 14.5 Å². The number of halogens is 1. The van der Waals surface area contributed by atoms with Crippen molar-refractivity contribution in [3.05, 3.63) is 47.0 Å². The first-order chi connectivity index (χ1) is 9.67. The van der Waals surface area contributed by atoms with Gasteiger partial charge in [-0.15, -0.1) is 0 Å². The number of hydrogen-bond acceptors (Lipinski definition) is 4. The van der Waals surface area contributed by atoms with E-state index in [-0.39, 0.29) is 0 Å². The normalized spacial score (nSPS) is 10.8. The molecule has 0 saturated heterocycles. The Morgan fingerprint density at radius 2 is 2.20 bits per heavy atom. The molecule has 3 aromatic rings. The molecule has 0 unspecified atom stereocenters. The van der Waals surface area contributed by atoms with Crippen molar-refractivity contribution in [1.82, 2.24) is 14.4 Å². The predicted octanol–water partition coefficient (Wildman–Crippen LogP) is 3.55. The molecule has 1 N–H and O–H groups in total. The van der Waals surface area contributed by atoms with Gasteiger partial charge in [0.15, 0.2) is 11.5 Å². The van der Waals surface area contributed by atoms with Crippen molar-refractivity contribution in [2.75, 3.05) is 12.4 Å². The fraction of sp³-hybridized carbons (Fsp3) is 0.143. The van der Waals surface area contributed by atoms with Crippen molar-refractivity contribution >= 4 is 33.1 Å². The Kier molecular flexibility index (Phi) is 3.31. The number of fused-ring (bicyclic) bond motifs is 1. The van der Waals surface area contributed by atoms with Crippen molar-refractivity contribution in [1.29, 1.82) is 0 Å². The molecule has 3 rings (SSSR count). The maximum Gasteiger partial charge on any atom is 0.180 e. The molecule has 1 aromatic carbocycles. The van der Waals surface area contributed by atoms with Crippen molar-refractivity contribution in [3.63, 3.8) is 0 Å². The molecule has 0 spiro atoms. The number of hydrogen-bond donors (Lipinski definition) is 1. The van der Waals surface area contributed by atoms with E-state index in [1.165, 1.54) is 0 Å². The average molecular weight is 333 g/mol. The van der Waals surface area contributed by atoms with E-state index < -0.39 is 0 Å². The van der Waals surface area contributed by atoms with Gasteiger partial charge in [-0.1, -0.05) is 0 Å². The molecule has 2 aromatic heterocycles. The fourth-order valence-corrected chi connectivity index (χ4v) is 2.48. The minimum Gasteiger partial charge on any atom is -0.496 e. The highest BCUT2D eigenvalue weighted by molar-refractivity contribution is 9.10. The monoisotopic (exact) mass is 332 g/mol. The van der Waals surface area contributed by atoms with E-state index in [1.54, 1.807) is 13.3 Å². The molecule has 0 saturated carbocycles. The third-order valence-electron chi connectivity index (χ3n) is 3.00. The summed E-state index contributed by atoms with van der Waals surface area (Å²) in [5, 5.41) is 3.29. The minimum absolute atomic E-state index is 0.703. The van der Waals surface area contributed by atoms with Crippen LogP contribution in [-0.4, -0.2) is 21.5 Å². The first-order valence-corrected chi connectivity index (χ1v) is 6.87. The van der Waals surface area contributed by atoms with Gasteiger partial charge in [0.05, 0.1) is 7.11 Å². The molecule has 0 aliphatic carbocycles. The number of nitrogens with one attached hydrogen (secondary N) is 1. The number of anilines is 2. The van der Waals surface area contributed by atoms with E-state index in [4.69, 9.17) is 4.74 Å². The van der Waals surface area contributed by atoms with Crippen LogP contribution < -0.4 is 10.1 Å². The Labute approximate surface area is 124 Å². The summed E-state index contributed by atoms with van der Waals surface area (Å²) in [6.45, 7) is 2.00. The van der Waals surface area contributed by atoms with Crippen LogP contribution in [0.3, 0.4) is 0 Å². The van der Waals surface area contributed by atoms with Gasteiger partial charge in [-0.05, 0) is 46.6 Å². The summed E-state index contributed by atoms with van der Waals surface area (Å²) < 4.78 is 7.92. The van der Waals surface area contributed by atoms with Gasteiger partial charge in [-0.3, -0.25) is 0 Å². The summed E-state index contributed by atoms with van der Waals surface area (Å²) in [5.41, 5.74) is 2.78. The molecule has 5 nitrogen and oxygen atoms in total. The van der Waals surface area contributed by atoms with E-state index in [1.807, 2.05) is 41.9 Å². The lowest BCUT2D eigenvalue weighted by Gasteiger charge is -2.10. The number of methoxy groups -OCH3 is 1. The Balaban J connectivity index is 2.00. The topological polar surface area (TPSA) is 51.5 Å². The highest BCUT2D eigenvalue weighted by atomic mass is 79.9. The average Bonchev–Trinajstić information content (AvgIpc) is 2.87. The van der Waals surface area contributed by atoms with Crippen LogP contribution in [0.5, 0.6) is 5.75 Å².